The van der Waals surface area contributed by atoms with Crippen molar-refractivity contribution in [1.29, 1.82) is 0 Å². The van der Waals surface area contributed by atoms with Crippen LogP contribution in [0.25, 0.3) is 0 Å². The van der Waals surface area contributed by atoms with Crippen LogP contribution in [0, 0.1) is 0 Å². The highest BCUT2D eigenvalue weighted by molar-refractivity contribution is 6.05. The van der Waals surface area contributed by atoms with Gasteiger partial charge in [0.05, 0.1) is 11.2 Å². The number of fused-ring (bicyclic) bond motifs is 1. The third-order valence-electron chi connectivity index (χ3n) is 5.11. The topological polar surface area (TPSA) is 61.6 Å². The third kappa shape index (κ3) is 2.37. The molecular weight excluding hydrogens is 300 g/mol. The van der Waals surface area contributed by atoms with E-state index in [1.807, 2.05) is 53.4 Å². The molecule has 124 valence electrons. The summed E-state index contributed by atoms with van der Waals surface area (Å²) in [6.45, 7) is 1.81. The van der Waals surface area contributed by atoms with Crippen LogP contribution in [0.15, 0.2) is 54.6 Å². The Bertz CT molecular complexity index is 740. The van der Waals surface area contributed by atoms with Crippen LogP contribution in [-0.2, 0) is 6.42 Å². The maximum Gasteiger partial charge on any atom is 0.343 e. The molecule has 1 unspecified atom stereocenters. The van der Waals surface area contributed by atoms with Gasteiger partial charge in [-0.25, -0.2) is 15.6 Å². The maximum absolute atomic E-state index is 13.3. The number of para-hydroxylation sites is 2. The predicted octanol–water partition coefficient (Wildman–Crippen LogP) is 2.67. The summed E-state index contributed by atoms with van der Waals surface area (Å²) in [6, 6.07) is 17.4. The van der Waals surface area contributed by atoms with E-state index in [9.17, 15) is 4.79 Å². The first-order valence-electron chi connectivity index (χ1n) is 8.44. The smallest absolute Gasteiger partial charge is 0.314 e. The Balaban J connectivity index is 1.73. The molecule has 5 heteroatoms. The fourth-order valence-electron chi connectivity index (χ4n) is 3.97. The Morgan fingerprint density at radius 2 is 1.88 bits per heavy atom. The highest BCUT2D eigenvalue weighted by atomic mass is 16.2. The van der Waals surface area contributed by atoms with E-state index < -0.39 is 0 Å². The van der Waals surface area contributed by atoms with Crippen molar-refractivity contribution < 1.29 is 4.79 Å². The lowest BCUT2D eigenvalue weighted by atomic mass is 9.86. The van der Waals surface area contributed by atoms with Crippen molar-refractivity contribution in [3.05, 3.63) is 60.2 Å². The van der Waals surface area contributed by atoms with Gasteiger partial charge in [-0.3, -0.25) is 4.90 Å². The third-order valence-corrected chi connectivity index (χ3v) is 5.11. The number of nitrogens with one attached hydrogen (secondary N) is 1. The maximum atomic E-state index is 13.3. The first kappa shape index (κ1) is 15.2. The van der Waals surface area contributed by atoms with Crippen molar-refractivity contribution in [3.8, 4) is 0 Å². The van der Waals surface area contributed by atoms with Gasteiger partial charge in [0, 0.05) is 12.2 Å². The van der Waals surface area contributed by atoms with Crippen molar-refractivity contribution >= 4 is 17.4 Å². The van der Waals surface area contributed by atoms with Gasteiger partial charge in [0.1, 0.15) is 0 Å². The van der Waals surface area contributed by atoms with Crippen molar-refractivity contribution in [1.82, 2.24) is 5.32 Å². The molecule has 3 N–H and O–H groups in total. The molecule has 2 heterocycles. The minimum atomic E-state index is -0.217. The average Bonchev–Trinajstić information content (AvgIpc) is 2.94. The number of benzene rings is 2. The van der Waals surface area contributed by atoms with E-state index in [0.717, 1.165) is 38.0 Å². The van der Waals surface area contributed by atoms with Gasteiger partial charge in [-0.15, -0.1) is 0 Å². The zero-order valence-corrected chi connectivity index (χ0v) is 13.6. The molecule has 2 aromatic rings. The van der Waals surface area contributed by atoms with Gasteiger partial charge in [0.25, 0.3) is 0 Å². The zero-order valence-electron chi connectivity index (χ0n) is 13.6. The van der Waals surface area contributed by atoms with Crippen molar-refractivity contribution in [2.45, 2.75) is 24.8 Å². The molecule has 0 bridgehead atoms. The summed E-state index contributed by atoms with van der Waals surface area (Å²) in [4.78, 5) is 15.2. The summed E-state index contributed by atoms with van der Waals surface area (Å²) in [5, 5.41) is 4.73. The van der Waals surface area contributed by atoms with Crippen molar-refractivity contribution in [2.75, 3.05) is 23.0 Å². The molecule has 5 nitrogen and oxygen atoms in total. The molecule has 0 aromatic heterocycles. The molecular formula is C19H22N4O. The SMILES string of the molecule is NN(C(=O)N1c2ccccc2CC12CCCNC2)c1ccccc1. The van der Waals surface area contributed by atoms with E-state index in [1.165, 1.54) is 10.6 Å². The highest BCUT2D eigenvalue weighted by Crippen LogP contribution is 2.42. The highest BCUT2D eigenvalue weighted by Gasteiger charge is 2.48. The van der Waals surface area contributed by atoms with Crippen LogP contribution in [0.2, 0.25) is 0 Å². The van der Waals surface area contributed by atoms with Crippen molar-refractivity contribution in [3.63, 3.8) is 0 Å². The second-order valence-corrected chi connectivity index (χ2v) is 6.63. The van der Waals surface area contributed by atoms with Crippen LogP contribution < -0.4 is 21.1 Å². The predicted molar refractivity (Wildman–Crippen MR) is 96.0 cm³/mol. The van der Waals surface area contributed by atoms with Gasteiger partial charge in [-0.2, -0.15) is 0 Å². The summed E-state index contributed by atoms with van der Waals surface area (Å²) in [6.07, 6.45) is 2.93. The number of piperidine rings is 1. The molecule has 4 rings (SSSR count). The number of carbonyl (C=O) groups excluding carboxylic acids is 1. The molecule has 1 saturated heterocycles. The van der Waals surface area contributed by atoms with Crippen LogP contribution >= 0.6 is 0 Å². The van der Waals surface area contributed by atoms with Gasteiger partial charge >= 0.3 is 6.03 Å². The lowest BCUT2D eigenvalue weighted by Gasteiger charge is -2.43. The first-order valence-corrected chi connectivity index (χ1v) is 8.44. The van der Waals surface area contributed by atoms with Crippen LogP contribution in [0.4, 0.5) is 16.2 Å². The van der Waals surface area contributed by atoms with E-state index in [1.54, 1.807) is 0 Å². The molecule has 0 aliphatic carbocycles. The fraction of sp³-hybridized carbons (Fsp3) is 0.316. The van der Waals surface area contributed by atoms with E-state index in [2.05, 4.69) is 11.4 Å². The number of carbonyl (C=O) groups is 1. The van der Waals surface area contributed by atoms with Gasteiger partial charge in [0.2, 0.25) is 0 Å². The number of nitrogens with two attached hydrogens (primary N) is 1. The fourth-order valence-corrected chi connectivity index (χ4v) is 3.97. The van der Waals surface area contributed by atoms with E-state index in [0.29, 0.717) is 5.69 Å². The van der Waals surface area contributed by atoms with Gasteiger partial charge in [0.15, 0.2) is 0 Å². The Labute approximate surface area is 142 Å². The number of amides is 2. The molecule has 1 spiro atoms. The standard InChI is InChI=1S/C19H22N4O/c20-23(16-8-2-1-3-9-16)18(24)22-17-10-5-4-7-15(17)13-19(22)11-6-12-21-14-19/h1-5,7-10,21H,6,11-14,20H2. The van der Waals surface area contributed by atoms with Crippen LogP contribution in [0.1, 0.15) is 18.4 Å². The Morgan fingerprint density at radius 3 is 2.62 bits per heavy atom. The number of hydrogen-bond acceptors (Lipinski definition) is 3. The Kier molecular flexibility index (Phi) is 3.75. The first-order chi connectivity index (χ1) is 11.7. The van der Waals surface area contributed by atoms with Crippen molar-refractivity contribution in [2.24, 2.45) is 5.84 Å². The summed E-state index contributed by atoms with van der Waals surface area (Å²) in [5.41, 5.74) is 2.69. The molecule has 0 radical (unpaired) electrons. The molecule has 2 amide bonds. The minimum Gasteiger partial charge on any atom is -0.314 e. The second kappa shape index (κ2) is 5.92. The summed E-state index contributed by atoms with van der Waals surface area (Å²) >= 11 is 0. The molecule has 2 aliphatic heterocycles. The van der Waals surface area contributed by atoms with Crippen LogP contribution in [0.5, 0.6) is 0 Å². The molecule has 2 aromatic carbocycles. The Hall–Kier alpha value is -2.37. The van der Waals surface area contributed by atoms with E-state index >= 15 is 0 Å². The number of hydrazine groups is 1. The largest absolute Gasteiger partial charge is 0.343 e. The van der Waals surface area contributed by atoms with Gasteiger partial charge in [-0.1, -0.05) is 36.4 Å². The number of nitrogens with zero attached hydrogens (tertiary/aromatic N) is 2. The quantitative estimate of drug-likeness (QED) is 0.482. The molecule has 0 saturated carbocycles. The number of anilines is 2. The van der Waals surface area contributed by atoms with Crippen LogP contribution in [0.3, 0.4) is 0 Å². The molecule has 1 fully saturated rings. The van der Waals surface area contributed by atoms with Gasteiger partial charge in [-0.05, 0) is 49.6 Å². The van der Waals surface area contributed by atoms with E-state index in [4.69, 9.17) is 5.84 Å². The van der Waals surface area contributed by atoms with E-state index in [-0.39, 0.29) is 11.6 Å². The lowest BCUT2D eigenvalue weighted by Crippen LogP contribution is -2.62. The zero-order chi connectivity index (χ0) is 16.6. The number of rotatable bonds is 1. The average molecular weight is 322 g/mol. The molecule has 1 atom stereocenters. The number of urea groups is 1. The number of hydrogen-bond donors (Lipinski definition) is 2. The second-order valence-electron chi connectivity index (χ2n) is 6.63. The normalized spacial score (nSPS) is 22.5. The van der Waals surface area contributed by atoms with Crippen LogP contribution in [-0.4, -0.2) is 24.7 Å². The summed E-state index contributed by atoms with van der Waals surface area (Å²) < 4.78 is 0. The Morgan fingerprint density at radius 1 is 1.12 bits per heavy atom. The summed E-state index contributed by atoms with van der Waals surface area (Å²) in [5.74, 6) is 6.19. The summed E-state index contributed by atoms with van der Waals surface area (Å²) in [7, 11) is 0. The minimum absolute atomic E-state index is 0.171. The van der Waals surface area contributed by atoms with Gasteiger partial charge < -0.3 is 5.32 Å². The molecule has 2 aliphatic rings. The lowest BCUT2D eigenvalue weighted by molar-refractivity contribution is 0.236. The molecule has 24 heavy (non-hydrogen) atoms. The monoisotopic (exact) mass is 322 g/mol.